The van der Waals surface area contributed by atoms with E-state index in [0.29, 0.717) is 42.5 Å². The van der Waals surface area contributed by atoms with Gasteiger partial charge in [0.25, 0.3) is 0 Å². The lowest BCUT2D eigenvalue weighted by Gasteiger charge is -2.33. The number of nitrogens with one attached hydrogen (secondary N) is 2. The Balaban J connectivity index is 1.21. The molecule has 1 heterocycles. The Morgan fingerprint density at radius 1 is 0.953 bits per heavy atom. The number of amides is 2. The zero-order valence-corrected chi connectivity index (χ0v) is 25.4. The van der Waals surface area contributed by atoms with Gasteiger partial charge in [0.15, 0.2) is 0 Å². The van der Waals surface area contributed by atoms with E-state index in [1.165, 1.54) is 0 Å². The van der Waals surface area contributed by atoms with E-state index < -0.39 is 0 Å². The highest BCUT2D eigenvalue weighted by Crippen LogP contribution is 2.34. The van der Waals surface area contributed by atoms with Gasteiger partial charge in [0.1, 0.15) is 23.9 Å². The van der Waals surface area contributed by atoms with Crippen molar-refractivity contribution >= 4 is 28.2 Å². The number of methoxy groups -OCH3 is 1. The summed E-state index contributed by atoms with van der Waals surface area (Å²) < 4.78 is 17.7. The number of anilines is 2. The van der Waals surface area contributed by atoms with Gasteiger partial charge in [-0.15, -0.1) is 0 Å². The fourth-order valence-electron chi connectivity index (χ4n) is 5.37. The van der Waals surface area contributed by atoms with Crippen molar-refractivity contribution in [2.24, 2.45) is 0 Å². The largest absolute Gasteiger partial charge is 0.508 e. The first kappa shape index (κ1) is 30.2. The highest BCUT2D eigenvalue weighted by Gasteiger charge is 2.22. The van der Waals surface area contributed by atoms with Crippen LogP contribution in [0, 0.1) is 0 Å². The summed E-state index contributed by atoms with van der Waals surface area (Å²) >= 11 is 0. The van der Waals surface area contributed by atoms with Gasteiger partial charge >= 0.3 is 6.03 Å². The SMILES string of the molecule is COc1ccc(C(C)(C)C)cc1NC(=O)Nc1ccc(OCCN2CCOC(Cc3ccccc3O)C2)c2ccccc12. The summed E-state index contributed by atoms with van der Waals surface area (Å²) in [6.45, 7) is 9.93. The predicted octanol–water partition coefficient (Wildman–Crippen LogP) is 6.82. The normalized spacial score (nSPS) is 15.7. The van der Waals surface area contributed by atoms with Crippen LogP contribution in [0.3, 0.4) is 0 Å². The average molecular weight is 584 g/mol. The Labute approximate surface area is 253 Å². The zero-order valence-electron chi connectivity index (χ0n) is 25.4. The van der Waals surface area contributed by atoms with Crippen molar-refractivity contribution in [1.82, 2.24) is 4.90 Å². The Morgan fingerprint density at radius 3 is 2.44 bits per heavy atom. The molecule has 8 nitrogen and oxygen atoms in total. The molecular weight excluding hydrogens is 542 g/mol. The van der Waals surface area contributed by atoms with Crippen LogP contribution in [0.1, 0.15) is 31.9 Å². The van der Waals surface area contributed by atoms with Crippen molar-refractivity contribution in [2.75, 3.05) is 50.6 Å². The second-order valence-corrected chi connectivity index (χ2v) is 11.9. The van der Waals surface area contributed by atoms with Crippen molar-refractivity contribution in [2.45, 2.75) is 38.7 Å². The summed E-state index contributed by atoms with van der Waals surface area (Å²) in [7, 11) is 1.59. The molecule has 1 aliphatic heterocycles. The first-order valence-electron chi connectivity index (χ1n) is 14.7. The minimum Gasteiger partial charge on any atom is -0.508 e. The van der Waals surface area contributed by atoms with E-state index in [-0.39, 0.29) is 17.6 Å². The molecule has 43 heavy (non-hydrogen) atoms. The van der Waals surface area contributed by atoms with Gasteiger partial charge in [-0.3, -0.25) is 4.90 Å². The molecule has 4 aromatic rings. The zero-order chi connectivity index (χ0) is 30.4. The number of urea groups is 1. The number of hydrogen-bond donors (Lipinski definition) is 3. The van der Waals surface area contributed by atoms with Crippen LogP contribution >= 0.6 is 0 Å². The van der Waals surface area contributed by atoms with Crippen LogP contribution in [0.15, 0.2) is 78.9 Å². The third-order valence-corrected chi connectivity index (χ3v) is 7.77. The Morgan fingerprint density at radius 2 is 1.67 bits per heavy atom. The van der Waals surface area contributed by atoms with E-state index in [9.17, 15) is 9.90 Å². The number of carbonyl (C=O) groups is 1. The Kier molecular flexibility index (Phi) is 9.38. The highest BCUT2D eigenvalue weighted by molar-refractivity contribution is 6.08. The van der Waals surface area contributed by atoms with E-state index in [1.54, 1.807) is 13.2 Å². The molecule has 1 aliphatic rings. The molecule has 0 saturated carbocycles. The third kappa shape index (κ3) is 7.58. The Bertz CT molecular complexity index is 1570. The van der Waals surface area contributed by atoms with Crippen LogP contribution in [0.2, 0.25) is 0 Å². The lowest BCUT2D eigenvalue weighted by Crippen LogP contribution is -2.44. The van der Waals surface area contributed by atoms with E-state index in [2.05, 4.69) is 36.3 Å². The van der Waals surface area contributed by atoms with Gasteiger partial charge in [0.2, 0.25) is 0 Å². The maximum absolute atomic E-state index is 13.1. The molecule has 1 saturated heterocycles. The number of carbonyl (C=O) groups excluding carboxylic acids is 1. The number of fused-ring (bicyclic) bond motifs is 1. The van der Waals surface area contributed by atoms with E-state index in [1.807, 2.05) is 72.8 Å². The number of nitrogens with zero attached hydrogens (tertiary/aromatic N) is 1. The molecule has 0 aromatic heterocycles. The molecular formula is C35H41N3O5. The van der Waals surface area contributed by atoms with E-state index >= 15 is 0 Å². The summed E-state index contributed by atoms with van der Waals surface area (Å²) in [4.78, 5) is 15.4. The van der Waals surface area contributed by atoms with Crippen LogP contribution < -0.4 is 20.1 Å². The smallest absolute Gasteiger partial charge is 0.323 e. The van der Waals surface area contributed by atoms with Crippen molar-refractivity contribution in [3.63, 3.8) is 0 Å². The number of rotatable bonds is 9. The van der Waals surface area contributed by atoms with Gasteiger partial charge in [-0.05, 0) is 46.9 Å². The molecule has 226 valence electrons. The number of para-hydroxylation sites is 1. The minimum atomic E-state index is -0.353. The molecule has 1 atom stereocenters. The number of morpholine rings is 1. The second-order valence-electron chi connectivity index (χ2n) is 11.9. The predicted molar refractivity (Wildman–Crippen MR) is 172 cm³/mol. The van der Waals surface area contributed by atoms with Crippen LogP contribution in [0.5, 0.6) is 17.2 Å². The quantitative estimate of drug-likeness (QED) is 0.200. The molecule has 0 radical (unpaired) electrons. The number of ether oxygens (including phenoxy) is 3. The molecule has 3 N–H and O–H groups in total. The lowest BCUT2D eigenvalue weighted by atomic mass is 9.87. The van der Waals surface area contributed by atoms with Crippen molar-refractivity contribution in [1.29, 1.82) is 0 Å². The summed E-state index contributed by atoms with van der Waals surface area (Å²) in [5.74, 6) is 1.67. The molecule has 1 fully saturated rings. The van der Waals surface area contributed by atoms with Gasteiger partial charge in [-0.2, -0.15) is 0 Å². The molecule has 1 unspecified atom stereocenters. The number of hydrogen-bond acceptors (Lipinski definition) is 6. The van der Waals surface area contributed by atoms with Gasteiger partial charge in [-0.1, -0.05) is 69.3 Å². The fraction of sp³-hybridized carbons (Fsp3) is 0.343. The fourth-order valence-corrected chi connectivity index (χ4v) is 5.37. The number of aromatic hydroxyl groups is 1. The van der Waals surface area contributed by atoms with E-state index in [4.69, 9.17) is 14.2 Å². The van der Waals surface area contributed by atoms with Crippen molar-refractivity contribution < 1.29 is 24.1 Å². The standard InChI is InChI=1S/C35H41N3O5/c1-35(2,3)25-13-15-33(41-4)30(22-25)37-34(40)36-29-14-16-32(28-11-7-6-10-27(28)29)43-20-18-38-17-19-42-26(23-38)21-24-9-5-8-12-31(24)39/h5-16,22,26,39H,17-21,23H2,1-4H3,(H2,36,37,40). The maximum Gasteiger partial charge on any atom is 0.323 e. The van der Waals surface area contributed by atoms with Crippen LogP contribution in [0.4, 0.5) is 16.2 Å². The molecule has 0 aliphatic carbocycles. The molecule has 5 rings (SSSR count). The van der Waals surface area contributed by atoms with Gasteiger partial charge < -0.3 is 30.0 Å². The number of phenols is 1. The first-order chi connectivity index (χ1) is 20.7. The summed E-state index contributed by atoms with van der Waals surface area (Å²) in [6.07, 6.45) is 0.696. The molecule has 4 aromatic carbocycles. The highest BCUT2D eigenvalue weighted by atomic mass is 16.5. The monoisotopic (exact) mass is 583 g/mol. The summed E-state index contributed by atoms with van der Waals surface area (Å²) in [6, 6.07) is 24.6. The Hall–Kier alpha value is -4.27. The minimum absolute atomic E-state index is 0.0234. The van der Waals surface area contributed by atoms with Crippen LogP contribution in [-0.4, -0.2) is 62.1 Å². The molecule has 8 heteroatoms. The first-order valence-corrected chi connectivity index (χ1v) is 14.7. The number of phenolic OH excluding ortho intramolecular Hbond substituents is 1. The number of benzene rings is 4. The van der Waals surface area contributed by atoms with Gasteiger partial charge in [0, 0.05) is 36.8 Å². The molecule has 0 spiro atoms. The van der Waals surface area contributed by atoms with Crippen molar-refractivity contribution in [3.8, 4) is 17.2 Å². The molecule has 2 amide bonds. The van der Waals surface area contributed by atoms with Gasteiger partial charge in [-0.25, -0.2) is 4.79 Å². The summed E-state index contributed by atoms with van der Waals surface area (Å²) in [5, 5.41) is 17.9. The van der Waals surface area contributed by atoms with Gasteiger partial charge in [0.05, 0.1) is 31.2 Å². The summed E-state index contributed by atoms with van der Waals surface area (Å²) in [5.41, 5.74) is 3.23. The van der Waals surface area contributed by atoms with E-state index in [0.717, 1.165) is 47.3 Å². The van der Waals surface area contributed by atoms with Crippen LogP contribution in [-0.2, 0) is 16.6 Å². The average Bonchev–Trinajstić information content (AvgIpc) is 2.99. The van der Waals surface area contributed by atoms with Crippen molar-refractivity contribution in [3.05, 3.63) is 90.0 Å². The third-order valence-electron chi connectivity index (χ3n) is 7.77. The molecule has 0 bridgehead atoms. The second kappa shape index (κ2) is 13.4. The topological polar surface area (TPSA) is 92.3 Å². The van der Waals surface area contributed by atoms with Crippen LogP contribution in [0.25, 0.3) is 10.8 Å². The lowest BCUT2D eigenvalue weighted by molar-refractivity contribution is -0.0306. The maximum atomic E-state index is 13.1.